The average Bonchev–Trinajstić information content (AvgIpc) is 2.79. The Morgan fingerprint density at radius 3 is 2.52 bits per heavy atom. The van der Waals surface area contributed by atoms with Crippen LogP contribution < -0.4 is 0 Å². The molecule has 6 nitrogen and oxygen atoms in total. The molecule has 0 radical (unpaired) electrons. The number of Topliss-reactive ketones (excluding diaryl/α,β-unsaturated/α-hetero) is 1. The van der Waals surface area contributed by atoms with E-state index in [9.17, 15) is 14.4 Å². The third kappa shape index (κ3) is 3.54. The van der Waals surface area contributed by atoms with Crippen molar-refractivity contribution in [2.24, 2.45) is 0 Å². The van der Waals surface area contributed by atoms with E-state index in [1.807, 2.05) is 0 Å². The first-order valence-electron chi connectivity index (χ1n) is 7.06. The predicted molar refractivity (Wildman–Crippen MR) is 73.3 cm³/mol. The number of carbonyl (C=O) groups excluding carboxylic acids is 3. The smallest absolute Gasteiger partial charge is 0.438 e. The van der Waals surface area contributed by atoms with Gasteiger partial charge < -0.3 is 14.4 Å². The number of methoxy groups -OCH3 is 1. The highest BCUT2D eigenvalue weighted by Crippen LogP contribution is 2.40. The monoisotopic (exact) mass is 293 g/mol. The number of hydrogen-bond acceptors (Lipinski definition) is 5. The molecule has 0 aromatic heterocycles. The van der Waals surface area contributed by atoms with Gasteiger partial charge >= 0.3 is 6.16 Å². The van der Waals surface area contributed by atoms with Crippen LogP contribution in [0.4, 0.5) is 4.79 Å². The van der Waals surface area contributed by atoms with Gasteiger partial charge in [-0.15, -0.1) is 0 Å². The Balaban J connectivity index is 1.91. The summed E-state index contributed by atoms with van der Waals surface area (Å²) in [5.41, 5.74) is -0.192. The lowest BCUT2D eigenvalue weighted by molar-refractivity contribution is -0.133. The van der Waals surface area contributed by atoms with E-state index in [1.54, 1.807) is 4.90 Å². The average molecular weight is 293 g/mol. The highest BCUT2D eigenvalue weighted by molar-refractivity contribution is 5.83. The Bertz CT molecular complexity index is 492. The second-order valence-electron chi connectivity index (χ2n) is 5.34. The normalized spacial score (nSPS) is 20.1. The van der Waals surface area contributed by atoms with Crippen LogP contribution in [0, 0.1) is 11.8 Å². The maximum atomic E-state index is 12.0. The zero-order valence-electron chi connectivity index (χ0n) is 12.1. The number of amides is 1. The summed E-state index contributed by atoms with van der Waals surface area (Å²) in [4.78, 5) is 36.0. The summed E-state index contributed by atoms with van der Waals surface area (Å²) in [6.07, 6.45) is 3.11. The lowest BCUT2D eigenvalue weighted by atomic mass is 9.79. The molecule has 6 heteroatoms. The quantitative estimate of drug-likeness (QED) is 0.566. The van der Waals surface area contributed by atoms with Crippen LogP contribution in [-0.4, -0.2) is 48.5 Å². The third-order valence-corrected chi connectivity index (χ3v) is 4.21. The topological polar surface area (TPSA) is 72.9 Å². The van der Waals surface area contributed by atoms with Gasteiger partial charge in [0.1, 0.15) is 5.78 Å². The number of nitrogens with zero attached hydrogens (tertiary/aromatic N) is 1. The first-order valence-corrected chi connectivity index (χ1v) is 7.06. The van der Waals surface area contributed by atoms with Crippen LogP contribution in [0.1, 0.15) is 38.5 Å². The van der Waals surface area contributed by atoms with Crippen LogP contribution in [0.2, 0.25) is 0 Å². The van der Waals surface area contributed by atoms with Crippen LogP contribution in [0.5, 0.6) is 0 Å². The zero-order valence-corrected chi connectivity index (χ0v) is 12.1. The molecule has 0 bridgehead atoms. The molecule has 2 fully saturated rings. The fourth-order valence-electron chi connectivity index (χ4n) is 2.98. The third-order valence-electron chi connectivity index (χ3n) is 4.21. The van der Waals surface area contributed by atoms with Gasteiger partial charge in [-0.1, -0.05) is 11.8 Å². The largest absolute Gasteiger partial charge is 0.508 e. The van der Waals surface area contributed by atoms with E-state index in [1.165, 1.54) is 7.11 Å². The van der Waals surface area contributed by atoms with Crippen LogP contribution in [0.3, 0.4) is 0 Å². The lowest BCUT2D eigenvalue weighted by Gasteiger charge is -2.40. The summed E-state index contributed by atoms with van der Waals surface area (Å²) in [6.45, 7) is 0.262. The van der Waals surface area contributed by atoms with Crippen molar-refractivity contribution in [1.29, 1.82) is 0 Å². The summed E-state index contributed by atoms with van der Waals surface area (Å²) in [6, 6.07) is 0. The van der Waals surface area contributed by atoms with Gasteiger partial charge in [-0.3, -0.25) is 9.59 Å². The Labute approximate surface area is 123 Å². The van der Waals surface area contributed by atoms with Crippen molar-refractivity contribution in [3.63, 3.8) is 0 Å². The van der Waals surface area contributed by atoms with Gasteiger partial charge in [0.25, 0.3) is 0 Å². The highest BCUT2D eigenvalue weighted by atomic mass is 16.7. The summed E-state index contributed by atoms with van der Waals surface area (Å²) in [5.74, 6) is 5.92. The van der Waals surface area contributed by atoms with Crippen LogP contribution in [0.25, 0.3) is 0 Å². The molecule has 1 spiro atoms. The van der Waals surface area contributed by atoms with Crippen molar-refractivity contribution >= 4 is 17.8 Å². The van der Waals surface area contributed by atoms with Crippen LogP contribution >= 0.6 is 0 Å². The number of ketones is 1. The molecule has 1 heterocycles. The van der Waals surface area contributed by atoms with Crippen molar-refractivity contribution in [3.8, 4) is 11.8 Å². The number of carbonyl (C=O) groups is 3. The molecule has 1 saturated carbocycles. The molecule has 0 aromatic rings. The Morgan fingerprint density at radius 2 is 1.86 bits per heavy atom. The second kappa shape index (κ2) is 6.61. The number of hydrogen-bond donors (Lipinski definition) is 0. The summed E-state index contributed by atoms with van der Waals surface area (Å²) >= 11 is 0. The minimum Gasteiger partial charge on any atom is -0.438 e. The van der Waals surface area contributed by atoms with E-state index in [2.05, 4.69) is 21.3 Å². The van der Waals surface area contributed by atoms with Crippen LogP contribution in [-0.2, 0) is 19.1 Å². The van der Waals surface area contributed by atoms with Crippen LogP contribution in [0.15, 0.2) is 0 Å². The van der Waals surface area contributed by atoms with Gasteiger partial charge in [-0.2, -0.15) is 0 Å². The Morgan fingerprint density at radius 1 is 1.19 bits per heavy atom. The van der Waals surface area contributed by atoms with E-state index < -0.39 is 6.16 Å². The van der Waals surface area contributed by atoms with Crippen molar-refractivity contribution in [3.05, 3.63) is 0 Å². The van der Waals surface area contributed by atoms with Crippen molar-refractivity contribution < 1.29 is 23.9 Å². The van der Waals surface area contributed by atoms with Crippen molar-refractivity contribution in [2.45, 2.75) is 44.1 Å². The molecule has 1 aliphatic heterocycles. The van der Waals surface area contributed by atoms with E-state index in [0.29, 0.717) is 25.8 Å². The molecule has 1 saturated heterocycles. The summed E-state index contributed by atoms with van der Waals surface area (Å²) in [7, 11) is 1.23. The summed E-state index contributed by atoms with van der Waals surface area (Å²) in [5, 5.41) is 0. The molecule has 0 N–H and O–H groups in total. The van der Waals surface area contributed by atoms with Gasteiger partial charge in [0.2, 0.25) is 5.91 Å². The van der Waals surface area contributed by atoms with Gasteiger partial charge in [-0.25, -0.2) is 4.79 Å². The minimum absolute atomic E-state index is 0.0554. The first kappa shape index (κ1) is 15.4. The Hall–Kier alpha value is -2.03. The van der Waals surface area contributed by atoms with Gasteiger partial charge in [0.05, 0.1) is 13.7 Å². The molecule has 114 valence electrons. The lowest BCUT2D eigenvalue weighted by Crippen LogP contribution is -2.48. The molecule has 2 aliphatic rings. The predicted octanol–water partition coefficient (Wildman–Crippen LogP) is 1.28. The standard InChI is InChI=1S/C15H19NO5/c1-20-14(19)21-11-3-2-10-16-13(18)6-9-15(16)7-4-12(17)5-8-15/h4-11H2,1H3. The molecule has 0 atom stereocenters. The molecule has 0 unspecified atom stereocenters. The minimum atomic E-state index is -0.774. The number of rotatable bonds is 2. The molecule has 1 aliphatic carbocycles. The maximum absolute atomic E-state index is 12.0. The van der Waals surface area contributed by atoms with Gasteiger partial charge in [-0.05, 0) is 19.3 Å². The van der Waals surface area contributed by atoms with E-state index >= 15 is 0 Å². The number of likely N-dealkylation sites (tertiary alicyclic amines) is 1. The van der Waals surface area contributed by atoms with E-state index in [-0.39, 0.29) is 23.8 Å². The Kier molecular flexibility index (Phi) is 4.84. The maximum Gasteiger partial charge on any atom is 0.508 e. The van der Waals surface area contributed by atoms with E-state index in [4.69, 9.17) is 0 Å². The fourth-order valence-corrected chi connectivity index (χ4v) is 2.98. The van der Waals surface area contributed by atoms with Gasteiger partial charge in [0, 0.05) is 24.8 Å². The molecular weight excluding hydrogens is 274 g/mol. The van der Waals surface area contributed by atoms with E-state index in [0.717, 1.165) is 19.3 Å². The number of ether oxygens (including phenoxy) is 2. The van der Waals surface area contributed by atoms with Crippen molar-refractivity contribution in [1.82, 2.24) is 4.90 Å². The van der Waals surface area contributed by atoms with Gasteiger partial charge in [0.15, 0.2) is 6.61 Å². The highest BCUT2D eigenvalue weighted by Gasteiger charge is 2.46. The fraction of sp³-hybridized carbons (Fsp3) is 0.667. The second-order valence-corrected chi connectivity index (χ2v) is 5.34. The molecule has 0 aromatic carbocycles. The van der Waals surface area contributed by atoms with Crippen molar-refractivity contribution in [2.75, 3.05) is 20.3 Å². The zero-order chi connectivity index (χ0) is 15.3. The SMILES string of the molecule is COC(=O)OCC#CCN1C(=O)CCC12CCC(=O)CC2. The summed E-state index contributed by atoms with van der Waals surface area (Å²) < 4.78 is 8.97. The molecule has 1 amide bonds. The molecule has 21 heavy (non-hydrogen) atoms. The molecule has 2 rings (SSSR count). The first-order chi connectivity index (χ1) is 10.1. The molecular formula is C15H19NO5.